The molecule has 2 heterocycles. The van der Waals surface area contributed by atoms with E-state index in [4.69, 9.17) is 4.42 Å². The molecule has 1 aromatic carbocycles. The lowest BCUT2D eigenvalue weighted by molar-refractivity contribution is 0.101. The minimum Gasteiger partial charge on any atom is -0.420 e. The predicted octanol–water partition coefficient (Wildman–Crippen LogP) is 3.56. The molecule has 3 aromatic rings. The minimum absolute atomic E-state index is 0.0595. The van der Waals surface area contributed by atoms with Crippen molar-refractivity contribution in [2.75, 3.05) is 4.72 Å². The Kier molecular flexibility index (Phi) is 4.34. The van der Waals surface area contributed by atoms with Crippen molar-refractivity contribution < 1.29 is 17.6 Å². The average Bonchev–Trinajstić information content (AvgIpc) is 3.27. The number of aryl methyl sites for hydroxylation is 2. The molecule has 4 rings (SSSR count). The maximum atomic E-state index is 13.2. The van der Waals surface area contributed by atoms with Crippen LogP contribution in [0.2, 0.25) is 0 Å². The summed E-state index contributed by atoms with van der Waals surface area (Å²) >= 11 is 0. The van der Waals surface area contributed by atoms with Gasteiger partial charge in [0.1, 0.15) is 4.90 Å². The lowest BCUT2D eigenvalue weighted by Gasteiger charge is -2.10. The van der Waals surface area contributed by atoms with E-state index in [-0.39, 0.29) is 22.5 Å². The molecule has 0 saturated heterocycles. The molecule has 1 aliphatic rings. The maximum Gasteiger partial charge on any atom is 0.264 e. The second-order valence-corrected chi connectivity index (χ2v) is 8.66. The van der Waals surface area contributed by atoms with Crippen molar-refractivity contribution in [2.45, 2.75) is 44.4 Å². The van der Waals surface area contributed by atoms with Crippen LogP contribution in [0.15, 0.2) is 33.6 Å². The van der Waals surface area contributed by atoms with Gasteiger partial charge in [0, 0.05) is 28.6 Å². The summed E-state index contributed by atoms with van der Waals surface area (Å²) in [5.41, 5.74) is 2.19. The van der Waals surface area contributed by atoms with Gasteiger partial charge in [-0.1, -0.05) is 12.1 Å². The van der Waals surface area contributed by atoms with Crippen LogP contribution in [0.5, 0.6) is 0 Å². The number of anilines is 1. The lowest BCUT2D eigenvalue weighted by Crippen LogP contribution is -2.15. The Morgan fingerprint density at radius 2 is 1.96 bits per heavy atom. The Balaban J connectivity index is 1.75. The van der Waals surface area contributed by atoms with Gasteiger partial charge in [0.2, 0.25) is 5.89 Å². The highest BCUT2D eigenvalue weighted by atomic mass is 32.2. The summed E-state index contributed by atoms with van der Waals surface area (Å²) in [4.78, 5) is 14.7. The first-order valence-corrected chi connectivity index (χ1v) is 10.4. The van der Waals surface area contributed by atoms with Crippen LogP contribution < -0.4 is 4.72 Å². The maximum absolute atomic E-state index is 13.2. The van der Waals surface area contributed by atoms with Crippen molar-refractivity contribution in [3.8, 4) is 11.5 Å². The Labute approximate surface area is 162 Å². The molecule has 146 valence electrons. The van der Waals surface area contributed by atoms with Gasteiger partial charge in [-0.25, -0.2) is 8.42 Å². The fraction of sp³-hybridized carbons (Fsp3) is 0.316. The number of carbonyl (C=O) groups is 1. The quantitative estimate of drug-likeness (QED) is 0.611. The number of nitrogens with zero attached hydrogens (tertiary/aromatic N) is 2. The number of aromatic amines is 1. The number of hydrogen-bond acceptors (Lipinski definition) is 6. The third-order valence-corrected chi connectivity index (χ3v) is 6.24. The number of sulfonamides is 1. The average molecular weight is 400 g/mol. The van der Waals surface area contributed by atoms with Gasteiger partial charge in [-0.15, -0.1) is 10.2 Å². The van der Waals surface area contributed by atoms with Crippen molar-refractivity contribution in [2.24, 2.45) is 0 Å². The van der Waals surface area contributed by atoms with E-state index in [9.17, 15) is 13.2 Å². The fourth-order valence-electron chi connectivity index (χ4n) is 3.19. The Bertz CT molecular complexity index is 1170. The molecule has 0 atom stereocenters. The van der Waals surface area contributed by atoms with Crippen LogP contribution in [0.25, 0.3) is 11.5 Å². The van der Waals surface area contributed by atoms with Crippen molar-refractivity contribution in [3.05, 3.63) is 47.1 Å². The van der Waals surface area contributed by atoms with Crippen LogP contribution in [-0.4, -0.2) is 29.4 Å². The third-order valence-electron chi connectivity index (χ3n) is 4.69. The molecule has 28 heavy (non-hydrogen) atoms. The predicted molar refractivity (Wildman–Crippen MR) is 103 cm³/mol. The number of aromatic nitrogens is 3. The van der Waals surface area contributed by atoms with Crippen molar-refractivity contribution >= 4 is 21.5 Å². The zero-order chi connectivity index (χ0) is 20.1. The standard InChI is InChI=1S/C19H20N4O4S/c1-10-16(19-22-21-18(27-19)13-7-8-13)17(11(2)20-10)28(25,26)23-15-6-4-5-14(9-15)12(3)24/h4-6,9,13,20,23H,7-8H2,1-3H3. The smallest absolute Gasteiger partial charge is 0.264 e. The van der Waals surface area contributed by atoms with Crippen molar-refractivity contribution in [3.63, 3.8) is 0 Å². The van der Waals surface area contributed by atoms with Crippen molar-refractivity contribution in [1.29, 1.82) is 0 Å². The van der Waals surface area contributed by atoms with Gasteiger partial charge in [-0.05, 0) is 45.7 Å². The van der Waals surface area contributed by atoms with Gasteiger partial charge in [-0.3, -0.25) is 9.52 Å². The molecule has 1 aliphatic carbocycles. The fourth-order valence-corrected chi connectivity index (χ4v) is 4.69. The first kappa shape index (κ1) is 18.4. The lowest BCUT2D eigenvalue weighted by atomic mass is 10.1. The molecule has 2 aromatic heterocycles. The van der Waals surface area contributed by atoms with Crippen LogP contribution in [0.4, 0.5) is 5.69 Å². The summed E-state index contributed by atoms with van der Waals surface area (Å²) < 4.78 is 34.6. The number of ketones is 1. The molecule has 0 aliphatic heterocycles. The summed E-state index contributed by atoms with van der Waals surface area (Å²) in [7, 11) is -3.96. The van der Waals surface area contributed by atoms with Crippen LogP contribution in [-0.2, 0) is 10.0 Å². The first-order chi connectivity index (χ1) is 13.3. The van der Waals surface area contributed by atoms with Gasteiger partial charge in [0.15, 0.2) is 5.78 Å². The number of nitrogens with one attached hydrogen (secondary N) is 2. The van der Waals surface area contributed by atoms with E-state index in [1.165, 1.54) is 13.0 Å². The zero-order valence-electron chi connectivity index (χ0n) is 15.7. The molecule has 2 N–H and O–H groups in total. The second kappa shape index (κ2) is 6.59. The summed E-state index contributed by atoms with van der Waals surface area (Å²) in [6.07, 6.45) is 2.01. The van der Waals surface area contributed by atoms with E-state index >= 15 is 0 Å². The summed E-state index contributed by atoms with van der Waals surface area (Å²) in [5, 5.41) is 8.13. The largest absolute Gasteiger partial charge is 0.420 e. The number of rotatable bonds is 6. The molecule has 9 heteroatoms. The van der Waals surface area contributed by atoms with E-state index in [1.807, 2.05) is 0 Å². The van der Waals surface area contributed by atoms with E-state index in [0.717, 1.165) is 12.8 Å². The van der Waals surface area contributed by atoms with Gasteiger partial charge in [-0.2, -0.15) is 0 Å². The SMILES string of the molecule is CC(=O)c1cccc(NS(=O)(=O)c2c(C)[nH]c(C)c2-c2nnc(C3CC3)o2)c1. The number of hydrogen-bond donors (Lipinski definition) is 2. The highest BCUT2D eigenvalue weighted by Crippen LogP contribution is 2.41. The van der Waals surface area contributed by atoms with E-state index in [0.29, 0.717) is 34.1 Å². The second-order valence-electron chi connectivity index (χ2n) is 7.04. The highest BCUT2D eigenvalue weighted by molar-refractivity contribution is 7.93. The van der Waals surface area contributed by atoms with Crippen LogP contribution >= 0.6 is 0 Å². The van der Waals surface area contributed by atoms with E-state index in [2.05, 4.69) is 19.9 Å². The molecule has 0 unspecified atom stereocenters. The molecule has 0 amide bonds. The van der Waals surface area contributed by atoms with Gasteiger partial charge in [0.05, 0.1) is 5.56 Å². The van der Waals surface area contributed by atoms with Crippen LogP contribution in [0, 0.1) is 13.8 Å². The number of H-pyrrole nitrogens is 1. The molecular formula is C19H20N4O4S. The Morgan fingerprint density at radius 3 is 2.64 bits per heavy atom. The number of carbonyl (C=O) groups excluding carboxylic acids is 1. The van der Waals surface area contributed by atoms with Gasteiger partial charge < -0.3 is 9.40 Å². The summed E-state index contributed by atoms with van der Waals surface area (Å²) in [6.45, 7) is 4.87. The Morgan fingerprint density at radius 1 is 1.21 bits per heavy atom. The van der Waals surface area contributed by atoms with Gasteiger partial charge >= 0.3 is 0 Å². The first-order valence-electron chi connectivity index (χ1n) is 8.93. The molecule has 8 nitrogen and oxygen atoms in total. The third kappa shape index (κ3) is 3.33. The summed E-state index contributed by atoms with van der Waals surface area (Å²) in [6, 6.07) is 6.36. The van der Waals surface area contributed by atoms with Crippen LogP contribution in [0.3, 0.4) is 0 Å². The topological polar surface area (TPSA) is 118 Å². The molecule has 1 saturated carbocycles. The molecule has 0 spiro atoms. The van der Waals surface area contributed by atoms with E-state index in [1.54, 1.807) is 32.0 Å². The zero-order valence-corrected chi connectivity index (χ0v) is 16.6. The normalized spacial score (nSPS) is 14.2. The molecule has 0 radical (unpaired) electrons. The molecule has 0 bridgehead atoms. The van der Waals surface area contributed by atoms with Crippen LogP contribution in [0.1, 0.15) is 53.3 Å². The monoisotopic (exact) mass is 400 g/mol. The van der Waals surface area contributed by atoms with Crippen molar-refractivity contribution in [1.82, 2.24) is 15.2 Å². The number of Topliss-reactive ketones (excluding diaryl/α,β-unsaturated/α-hetero) is 1. The summed E-state index contributed by atoms with van der Waals surface area (Å²) in [5.74, 6) is 0.850. The molecular weight excluding hydrogens is 380 g/mol. The highest BCUT2D eigenvalue weighted by Gasteiger charge is 2.33. The minimum atomic E-state index is -3.96. The van der Waals surface area contributed by atoms with E-state index < -0.39 is 10.0 Å². The molecule has 1 fully saturated rings. The van der Waals surface area contributed by atoms with Gasteiger partial charge in [0.25, 0.3) is 15.9 Å². The number of benzene rings is 1. The Hall–Kier alpha value is -2.94.